The molecule has 0 saturated carbocycles. The molecule has 0 fully saturated rings. The summed E-state index contributed by atoms with van der Waals surface area (Å²) >= 11 is 0. The van der Waals surface area contributed by atoms with Crippen molar-refractivity contribution in [3.63, 3.8) is 0 Å². The highest BCUT2D eigenvalue weighted by Gasteiger charge is 2.29. The molecule has 8 heteroatoms. The molecule has 0 radical (unpaired) electrons. The second kappa shape index (κ2) is 5.24. The lowest BCUT2D eigenvalue weighted by Gasteiger charge is -2.18. The van der Waals surface area contributed by atoms with Crippen LogP contribution in [0.25, 0.3) is 0 Å². The quantitative estimate of drug-likeness (QED) is 0.619. The molecule has 0 aliphatic rings. The topological polar surface area (TPSA) is 110 Å². The minimum absolute atomic E-state index is 0.235. The first-order valence-corrected chi connectivity index (χ1v) is 6.99. The Hall–Kier alpha value is -1.51. The van der Waals surface area contributed by atoms with Crippen molar-refractivity contribution >= 4 is 15.7 Å². The van der Waals surface area contributed by atoms with E-state index in [1.807, 2.05) is 0 Å². The molecule has 7 nitrogen and oxygen atoms in total. The van der Waals surface area contributed by atoms with Gasteiger partial charge >= 0.3 is 0 Å². The molecular formula is C11H16N2O5S. The van der Waals surface area contributed by atoms with E-state index in [9.17, 15) is 23.6 Å². The Morgan fingerprint density at radius 2 is 2.00 bits per heavy atom. The lowest BCUT2D eigenvalue weighted by molar-refractivity contribution is -0.387. The molecule has 0 unspecified atom stereocenters. The summed E-state index contributed by atoms with van der Waals surface area (Å²) in [6, 6.07) is 4.03. The van der Waals surface area contributed by atoms with Gasteiger partial charge in [0.05, 0.1) is 10.5 Å². The van der Waals surface area contributed by atoms with E-state index in [0.717, 1.165) is 6.07 Å². The van der Waals surface area contributed by atoms with Crippen LogP contribution >= 0.6 is 0 Å². The maximum absolute atomic E-state index is 12.1. The van der Waals surface area contributed by atoms with Crippen molar-refractivity contribution in [3.8, 4) is 0 Å². The third-order valence-corrected chi connectivity index (χ3v) is 3.94. The Bertz CT molecular complexity index is 590. The van der Waals surface area contributed by atoms with Gasteiger partial charge in [0.1, 0.15) is 0 Å². The van der Waals surface area contributed by atoms with Crippen molar-refractivity contribution in [1.29, 1.82) is 0 Å². The van der Waals surface area contributed by atoms with E-state index in [2.05, 4.69) is 4.72 Å². The highest BCUT2D eigenvalue weighted by atomic mass is 32.2. The maximum atomic E-state index is 12.1. The van der Waals surface area contributed by atoms with Crippen LogP contribution in [-0.4, -0.2) is 30.6 Å². The summed E-state index contributed by atoms with van der Waals surface area (Å²) in [4.78, 5) is 9.77. The second-order valence-corrected chi connectivity index (χ2v) is 6.52. The van der Waals surface area contributed by atoms with E-state index in [1.165, 1.54) is 32.9 Å². The zero-order valence-electron chi connectivity index (χ0n) is 10.9. The van der Waals surface area contributed by atoms with Crippen molar-refractivity contribution in [1.82, 2.24) is 4.72 Å². The number of aliphatic hydroxyl groups is 1. The Balaban J connectivity index is 3.25. The SMILES string of the molecule is Cc1cccc([N+](=O)[O-])c1S(=O)(=O)NCC(C)(C)O. The molecule has 1 rings (SSSR count). The number of rotatable bonds is 5. The fraction of sp³-hybridized carbons (Fsp3) is 0.455. The number of nitro groups is 1. The van der Waals surface area contributed by atoms with Crippen LogP contribution in [0.4, 0.5) is 5.69 Å². The fourth-order valence-corrected chi connectivity index (χ4v) is 3.07. The van der Waals surface area contributed by atoms with Crippen molar-refractivity contribution in [3.05, 3.63) is 33.9 Å². The van der Waals surface area contributed by atoms with Gasteiger partial charge in [0.25, 0.3) is 5.69 Å². The first-order valence-electron chi connectivity index (χ1n) is 5.51. The normalized spacial score (nSPS) is 12.4. The molecule has 0 heterocycles. The van der Waals surface area contributed by atoms with E-state index in [-0.39, 0.29) is 17.0 Å². The van der Waals surface area contributed by atoms with Crippen LogP contribution in [0, 0.1) is 17.0 Å². The Morgan fingerprint density at radius 1 is 1.42 bits per heavy atom. The van der Waals surface area contributed by atoms with Gasteiger partial charge in [-0.1, -0.05) is 12.1 Å². The molecule has 106 valence electrons. The smallest absolute Gasteiger partial charge is 0.289 e. The van der Waals surface area contributed by atoms with E-state index >= 15 is 0 Å². The summed E-state index contributed by atoms with van der Waals surface area (Å²) in [6.07, 6.45) is 0. The molecule has 0 aliphatic carbocycles. The summed E-state index contributed by atoms with van der Waals surface area (Å²) < 4.78 is 26.4. The molecule has 2 N–H and O–H groups in total. The number of nitrogens with one attached hydrogen (secondary N) is 1. The predicted octanol–water partition coefficient (Wildman–Crippen LogP) is 0.952. The molecule has 0 aliphatic heterocycles. The van der Waals surface area contributed by atoms with E-state index in [0.29, 0.717) is 0 Å². The Labute approximate surface area is 111 Å². The van der Waals surface area contributed by atoms with Gasteiger partial charge in [0, 0.05) is 12.6 Å². The van der Waals surface area contributed by atoms with E-state index in [1.54, 1.807) is 0 Å². The first-order chi connectivity index (χ1) is 8.54. The average molecular weight is 288 g/mol. The van der Waals surface area contributed by atoms with Crippen LogP contribution < -0.4 is 4.72 Å². The van der Waals surface area contributed by atoms with Crippen LogP contribution in [0.1, 0.15) is 19.4 Å². The van der Waals surface area contributed by atoms with Gasteiger partial charge in [0.2, 0.25) is 10.0 Å². The highest BCUT2D eigenvalue weighted by molar-refractivity contribution is 7.89. The molecule has 0 saturated heterocycles. The molecule has 0 atom stereocenters. The zero-order chi connectivity index (χ0) is 14.8. The Kier molecular flexibility index (Phi) is 4.28. The van der Waals surface area contributed by atoms with Crippen molar-refractivity contribution in [2.75, 3.05) is 6.54 Å². The Morgan fingerprint density at radius 3 is 2.47 bits per heavy atom. The van der Waals surface area contributed by atoms with Crippen LogP contribution in [0.15, 0.2) is 23.1 Å². The van der Waals surface area contributed by atoms with Gasteiger partial charge in [-0.05, 0) is 26.3 Å². The lowest BCUT2D eigenvalue weighted by Crippen LogP contribution is -2.38. The molecule has 0 amide bonds. The van der Waals surface area contributed by atoms with Gasteiger partial charge < -0.3 is 5.11 Å². The van der Waals surface area contributed by atoms with Crippen molar-refractivity contribution in [2.24, 2.45) is 0 Å². The number of nitro benzene ring substituents is 1. The predicted molar refractivity (Wildman–Crippen MR) is 69.3 cm³/mol. The van der Waals surface area contributed by atoms with Gasteiger partial charge in [-0.25, -0.2) is 13.1 Å². The highest BCUT2D eigenvalue weighted by Crippen LogP contribution is 2.26. The number of nitrogens with zero attached hydrogens (tertiary/aromatic N) is 1. The maximum Gasteiger partial charge on any atom is 0.289 e. The number of sulfonamides is 1. The number of hydrogen-bond acceptors (Lipinski definition) is 5. The minimum atomic E-state index is -4.05. The summed E-state index contributed by atoms with van der Waals surface area (Å²) in [5, 5.41) is 20.4. The standard InChI is InChI=1S/C11H16N2O5S/c1-8-5-4-6-9(13(15)16)10(8)19(17,18)12-7-11(2,3)14/h4-6,12,14H,7H2,1-3H3. The summed E-state index contributed by atoms with van der Waals surface area (Å²) in [5.41, 5.74) is -1.45. The van der Waals surface area contributed by atoms with Gasteiger partial charge in [-0.2, -0.15) is 0 Å². The van der Waals surface area contributed by atoms with Crippen molar-refractivity contribution < 1.29 is 18.4 Å². The van der Waals surface area contributed by atoms with E-state index < -0.39 is 26.2 Å². The second-order valence-electron chi connectivity index (χ2n) is 4.82. The number of benzene rings is 1. The van der Waals surface area contributed by atoms with Crippen LogP contribution in [0.5, 0.6) is 0 Å². The molecule has 0 aromatic heterocycles. The summed E-state index contributed by atoms with van der Waals surface area (Å²) in [7, 11) is -4.05. The number of hydrogen-bond donors (Lipinski definition) is 2. The molecule has 0 spiro atoms. The first kappa shape index (κ1) is 15.5. The van der Waals surface area contributed by atoms with Gasteiger partial charge in [0.15, 0.2) is 4.90 Å². The van der Waals surface area contributed by atoms with Crippen molar-refractivity contribution in [2.45, 2.75) is 31.3 Å². The van der Waals surface area contributed by atoms with Crippen LogP contribution in [-0.2, 0) is 10.0 Å². The molecule has 1 aromatic carbocycles. The third kappa shape index (κ3) is 3.98. The number of aryl methyl sites for hydroxylation is 1. The van der Waals surface area contributed by atoms with Crippen LogP contribution in [0.2, 0.25) is 0 Å². The fourth-order valence-electron chi connectivity index (χ4n) is 1.47. The molecule has 0 bridgehead atoms. The summed E-state index contributed by atoms with van der Waals surface area (Å²) in [5.74, 6) is 0. The van der Waals surface area contributed by atoms with Crippen LogP contribution in [0.3, 0.4) is 0 Å². The average Bonchev–Trinajstić information content (AvgIpc) is 2.25. The monoisotopic (exact) mass is 288 g/mol. The zero-order valence-corrected chi connectivity index (χ0v) is 11.7. The largest absolute Gasteiger partial charge is 0.389 e. The third-order valence-electron chi connectivity index (χ3n) is 2.35. The molecule has 1 aromatic rings. The molecular weight excluding hydrogens is 272 g/mol. The molecule has 19 heavy (non-hydrogen) atoms. The lowest BCUT2D eigenvalue weighted by atomic mass is 10.1. The minimum Gasteiger partial charge on any atom is -0.389 e. The van der Waals surface area contributed by atoms with E-state index in [4.69, 9.17) is 0 Å². The van der Waals surface area contributed by atoms with Gasteiger partial charge in [-0.3, -0.25) is 10.1 Å². The van der Waals surface area contributed by atoms with Gasteiger partial charge in [-0.15, -0.1) is 0 Å². The summed E-state index contributed by atoms with van der Waals surface area (Å²) in [6.45, 7) is 4.11.